The van der Waals surface area contributed by atoms with Crippen LogP contribution in [0.25, 0.3) is 6.08 Å². The predicted molar refractivity (Wildman–Crippen MR) is 107 cm³/mol. The number of rotatable bonds is 4. The molecule has 0 bridgehead atoms. The summed E-state index contributed by atoms with van der Waals surface area (Å²) in [5.41, 5.74) is 1.38. The number of imide groups is 2. The standard InChI is InChI=1S/C20H17BrN2O5/c1-11-8-13(21)4-6-16(11)23-19(25)15(18(24)22-20(23)26)10-12-9-14(27-2)5-7-17(12)28-3/h4-10H,1-3H3,(H,22,24,26). The molecule has 2 aromatic carbocycles. The van der Waals surface area contributed by atoms with Crippen molar-refractivity contribution in [2.45, 2.75) is 6.92 Å². The molecule has 0 saturated carbocycles. The maximum atomic E-state index is 13.0. The lowest BCUT2D eigenvalue weighted by Gasteiger charge is -2.27. The highest BCUT2D eigenvalue weighted by atomic mass is 79.9. The van der Waals surface area contributed by atoms with Crippen molar-refractivity contribution >= 4 is 45.5 Å². The number of halogens is 1. The number of nitrogens with zero attached hydrogens (tertiary/aromatic N) is 1. The van der Waals surface area contributed by atoms with Crippen LogP contribution in [0.1, 0.15) is 11.1 Å². The Labute approximate surface area is 170 Å². The Morgan fingerprint density at radius 2 is 1.79 bits per heavy atom. The van der Waals surface area contributed by atoms with Gasteiger partial charge in [0.2, 0.25) is 0 Å². The minimum Gasteiger partial charge on any atom is -0.497 e. The molecular formula is C20H17BrN2O5. The van der Waals surface area contributed by atoms with Gasteiger partial charge in [-0.1, -0.05) is 15.9 Å². The lowest BCUT2D eigenvalue weighted by Crippen LogP contribution is -2.54. The SMILES string of the molecule is COc1ccc(OC)c(C=C2C(=O)NC(=O)N(c3ccc(Br)cc3C)C2=O)c1. The topological polar surface area (TPSA) is 84.9 Å². The third-order valence-corrected chi connectivity index (χ3v) is 4.73. The molecule has 1 heterocycles. The summed E-state index contributed by atoms with van der Waals surface area (Å²) in [5, 5.41) is 2.21. The number of urea groups is 1. The Bertz CT molecular complexity index is 1020. The first kappa shape index (κ1) is 19.6. The third kappa shape index (κ3) is 3.63. The molecule has 3 rings (SSSR count). The van der Waals surface area contributed by atoms with Crippen molar-refractivity contribution in [3.8, 4) is 11.5 Å². The molecular weight excluding hydrogens is 428 g/mol. The van der Waals surface area contributed by atoms with Crippen molar-refractivity contribution in [2.24, 2.45) is 0 Å². The molecule has 1 aliphatic heterocycles. The summed E-state index contributed by atoms with van der Waals surface area (Å²) in [7, 11) is 2.99. The Hall–Kier alpha value is -3.13. The lowest BCUT2D eigenvalue weighted by atomic mass is 10.0. The van der Waals surface area contributed by atoms with E-state index in [-0.39, 0.29) is 5.57 Å². The number of methoxy groups -OCH3 is 2. The van der Waals surface area contributed by atoms with E-state index in [1.807, 2.05) is 0 Å². The van der Waals surface area contributed by atoms with E-state index in [4.69, 9.17) is 9.47 Å². The summed E-state index contributed by atoms with van der Waals surface area (Å²) in [4.78, 5) is 38.7. The van der Waals surface area contributed by atoms with Crippen molar-refractivity contribution in [3.05, 3.63) is 57.6 Å². The van der Waals surface area contributed by atoms with E-state index >= 15 is 0 Å². The van der Waals surface area contributed by atoms with Crippen LogP contribution in [0.4, 0.5) is 10.5 Å². The zero-order valence-corrected chi connectivity index (χ0v) is 17.0. The number of carbonyl (C=O) groups excluding carboxylic acids is 3. The molecule has 0 unspecified atom stereocenters. The van der Waals surface area contributed by atoms with Crippen LogP contribution < -0.4 is 19.7 Å². The smallest absolute Gasteiger partial charge is 0.335 e. The number of hydrogen-bond donors (Lipinski definition) is 1. The second-order valence-electron chi connectivity index (χ2n) is 6.00. The molecule has 7 nitrogen and oxygen atoms in total. The molecule has 0 aliphatic carbocycles. The van der Waals surface area contributed by atoms with Crippen LogP contribution in [-0.2, 0) is 9.59 Å². The highest BCUT2D eigenvalue weighted by molar-refractivity contribution is 9.10. The first-order valence-corrected chi connectivity index (χ1v) is 9.04. The average molecular weight is 445 g/mol. The van der Waals surface area contributed by atoms with E-state index in [1.54, 1.807) is 43.3 Å². The number of ether oxygens (including phenoxy) is 2. The van der Waals surface area contributed by atoms with Gasteiger partial charge in [0.15, 0.2) is 0 Å². The van der Waals surface area contributed by atoms with Crippen molar-refractivity contribution in [1.29, 1.82) is 0 Å². The number of hydrogen-bond acceptors (Lipinski definition) is 5. The molecule has 0 atom stereocenters. The van der Waals surface area contributed by atoms with Gasteiger partial charge in [-0.3, -0.25) is 14.9 Å². The van der Waals surface area contributed by atoms with Gasteiger partial charge in [0.05, 0.1) is 19.9 Å². The summed E-state index contributed by atoms with van der Waals surface area (Å²) < 4.78 is 11.3. The minimum atomic E-state index is -0.796. The highest BCUT2D eigenvalue weighted by Gasteiger charge is 2.37. The average Bonchev–Trinajstić information content (AvgIpc) is 2.66. The molecule has 144 valence electrons. The van der Waals surface area contributed by atoms with Crippen molar-refractivity contribution in [1.82, 2.24) is 5.32 Å². The number of carbonyl (C=O) groups is 3. The van der Waals surface area contributed by atoms with Crippen LogP contribution in [0, 0.1) is 6.92 Å². The Balaban J connectivity index is 2.09. The van der Waals surface area contributed by atoms with Crippen LogP contribution in [0.5, 0.6) is 11.5 Å². The van der Waals surface area contributed by atoms with Crippen molar-refractivity contribution in [2.75, 3.05) is 19.1 Å². The zero-order chi connectivity index (χ0) is 20.4. The van der Waals surface area contributed by atoms with Gasteiger partial charge >= 0.3 is 6.03 Å². The second-order valence-corrected chi connectivity index (χ2v) is 6.91. The molecule has 1 aliphatic rings. The van der Waals surface area contributed by atoms with Gasteiger partial charge in [-0.2, -0.15) is 0 Å². The number of amides is 4. The van der Waals surface area contributed by atoms with Crippen LogP contribution >= 0.6 is 15.9 Å². The van der Waals surface area contributed by atoms with E-state index in [0.717, 1.165) is 9.37 Å². The van der Waals surface area contributed by atoms with E-state index in [2.05, 4.69) is 21.2 Å². The lowest BCUT2D eigenvalue weighted by molar-refractivity contribution is -0.122. The summed E-state index contributed by atoms with van der Waals surface area (Å²) in [5.74, 6) is -0.500. The minimum absolute atomic E-state index is 0.187. The number of aryl methyl sites for hydroxylation is 1. The second kappa shape index (κ2) is 7.85. The maximum absolute atomic E-state index is 13.0. The zero-order valence-electron chi connectivity index (χ0n) is 15.4. The fourth-order valence-corrected chi connectivity index (χ4v) is 3.33. The monoisotopic (exact) mass is 444 g/mol. The Morgan fingerprint density at radius 1 is 1.04 bits per heavy atom. The van der Waals surface area contributed by atoms with E-state index < -0.39 is 17.8 Å². The number of anilines is 1. The highest BCUT2D eigenvalue weighted by Crippen LogP contribution is 2.30. The number of nitrogens with one attached hydrogen (secondary N) is 1. The van der Waals surface area contributed by atoms with E-state index in [0.29, 0.717) is 28.3 Å². The molecule has 1 saturated heterocycles. The first-order valence-electron chi connectivity index (χ1n) is 8.25. The van der Waals surface area contributed by atoms with E-state index in [9.17, 15) is 14.4 Å². The third-order valence-electron chi connectivity index (χ3n) is 4.24. The first-order chi connectivity index (χ1) is 13.3. The summed E-state index contributed by atoms with van der Waals surface area (Å²) in [6.07, 6.45) is 1.38. The molecule has 28 heavy (non-hydrogen) atoms. The van der Waals surface area contributed by atoms with Gasteiger partial charge in [0.25, 0.3) is 11.8 Å². The van der Waals surface area contributed by atoms with Crippen LogP contribution in [0.2, 0.25) is 0 Å². The van der Waals surface area contributed by atoms with Gasteiger partial charge in [0.1, 0.15) is 17.1 Å². The molecule has 4 amide bonds. The molecule has 2 aromatic rings. The fourth-order valence-electron chi connectivity index (χ4n) is 2.85. The molecule has 0 aromatic heterocycles. The molecule has 8 heteroatoms. The van der Waals surface area contributed by atoms with Gasteiger partial charge in [0, 0.05) is 10.0 Å². The number of barbiturate groups is 1. The molecule has 1 fully saturated rings. The molecule has 1 N–H and O–H groups in total. The van der Waals surface area contributed by atoms with Crippen LogP contribution in [0.15, 0.2) is 46.4 Å². The fraction of sp³-hybridized carbons (Fsp3) is 0.150. The molecule has 0 spiro atoms. The predicted octanol–water partition coefficient (Wildman–Crippen LogP) is 3.44. The number of benzene rings is 2. The maximum Gasteiger partial charge on any atom is 0.335 e. The van der Waals surface area contributed by atoms with Crippen LogP contribution in [0.3, 0.4) is 0 Å². The van der Waals surface area contributed by atoms with Crippen molar-refractivity contribution < 1.29 is 23.9 Å². The summed E-state index contributed by atoms with van der Waals surface area (Å²) >= 11 is 3.35. The summed E-state index contributed by atoms with van der Waals surface area (Å²) in [6, 6.07) is 9.33. The van der Waals surface area contributed by atoms with Gasteiger partial charge in [-0.25, -0.2) is 9.69 Å². The largest absolute Gasteiger partial charge is 0.497 e. The normalized spacial score (nSPS) is 15.6. The van der Waals surface area contributed by atoms with E-state index in [1.165, 1.54) is 20.3 Å². The van der Waals surface area contributed by atoms with Crippen molar-refractivity contribution in [3.63, 3.8) is 0 Å². The quantitative estimate of drug-likeness (QED) is 0.576. The van der Waals surface area contributed by atoms with Crippen LogP contribution in [-0.4, -0.2) is 32.1 Å². The Kier molecular flexibility index (Phi) is 5.51. The van der Waals surface area contributed by atoms with Gasteiger partial charge < -0.3 is 9.47 Å². The summed E-state index contributed by atoms with van der Waals surface area (Å²) in [6.45, 7) is 1.77. The Morgan fingerprint density at radius 3 is 2.43 bits per heavy atom. The molecule has 0 radical (unpaired) electrons. The van der Waals surface area contributed by atoms with Gasteiger partial charge in [-0.15, -0.1) is 0 Å². The van der Waals surface area contributed by atoms with Gasteiger partial charge in [-0.05, 0) is 55.0 Å².